The summed E-state index contributed by atoms with van der Waals surface area (Å²) >= 11 is 5.59. The van der Waals surface area contributed by atoms with Crippen LogP contribution >= 0.6 is 11.6 Å². The average Bonchev–Trinajstić information content (AvgIpc) is 2.55. The molecule has 1 aromatic rings. The van der Waals surface area contributed by atoms with Crippen molar-refractivity contribution in [2.45, 2.75) is 26.4 Å². The Balaban J connectivity index is 1.72. The number of piperazine rings is 1. The molecule has 2 amide bonds. The molecule has 1 heterocycles. The first-order valence-corrected chi connectivity index (χ1v) is 8.62. The number of rotatable bonds is 4. The predicted molar refractivity (Wildman–Crippen MR) is 94.4 cm³/mol. The topological polar surface area (TPSA) is 71.1 Å². The fourth-order valence-corrected chi connectivity index (χ4v) is 2.37. The van der Waals surface area contributed by atoms with Crippen molar-refractivity contribution in [1.29, 1.82) is 0 Å². The highest BCUT2D eigenvalue weighted by Crippen LogP contribution is 2.20. The van der Waals surface area contributed by atoms with Crippen LogP contribution in [0.5, 0.6) is 5.75 Å². The van der Waals surface area contributed by atoms with E-state index in [1.807, 2.05) is 20.8 Å². The summed E-state index contributed by atoms with van der Waals surface area (Å²) < 4.78 is 23.9. The number of hydrogen-bond donors (Lipinski definition) is 1. The normalized spacial score (nSPS) is 15.5. The van der Waals surface area contributed by atoms with Gasteiger partial charge in [0.1, 0.15) is 17.2 Å². The number of nitrogens with one attached hydrogen (secondary N) is 1. The largest absolute Gasteiger partial charge is 0.484 e. The van der Waals surface area contributed by atoms with E-state index in [1.54, 1.807) is 9.91 Å². The van der Waals surface area contributed by atoms with Crippen LogP contribution in [0.25, 0.3) is 0 Å². The fraction of sp³-hybridized carbons (Fsp3) is 0.529. The molecule has 0 aliphatic carbocycles. The van der Waals surface area contributed by atoms with Gasteiger partial charge in [0.15, 0.2) is 6.61 Å². The van der Waals surface area contributed by atoms with E-state index in [4.69, 9.17) is 21.1 Å². The molecule has 1 fully saturated rings. The maximum atomic E-state index is 13.3. The standard InChI is InChI=1S/C17H23ClFN3O4/c1-17(2,3)26-16(24)21-6-8-22(9-7-21)20-15(23)11-25-12-4-5-13(18)14(19)10-12/h4-5,10H,6-9,11H2,1-3H3,(H,20,23). The maximum absolute atomic E-state index is 13.3. The molecule has 144 valence electrons. The van der Waals surface area contributed by atoms with Gasteiger partial charge in [0.2, 0.25) is 0 Å². The van der Waals surface area contributed by atoms with Crippen LogP contribution in [0.4, 0.5) is 9.18 Å². The zero-order valence-electron chi connectivity index (χ0n) is 15.1. The van der Waals surface area contributed by atoms with Crippen LogP contribution in [0.3, 0.4) is 0 Å². The fourth-order valence-electron chi connectivity index (χ4n) is 2.25. The lowest BCUT2D eigenvalue weighted by Gasteiger charge is -2.35. The molecule has 1 N–H and O–H groups in total. The number of benzene rings is 1. The second-order valence-corrected chi connectivity index (χ2v) is 7.26. The van der Waals surface area contributed by atoms with Crippen LogP contribution in [-0.4, -0.2) is 60.3 Å². The Bertz CT molecular complexity index is 658. The van der Waals surface area contributed by atoms with Gasteiger partial charge in [-0.25, -0.2) is 14.2 Å². The van der Waals surface area contributed by atoms with Gasteiger partial charge in [-0.3, -0.25) is 10.2 Å². The van der Waals surface area contributed by atoms with Gasteiger partial charge in [-0.05, 0) is 32.9 Å². The zero-order chi connectivity index (χ0) is 19.3. The summed E-state index contributed by atoms with van der Waals surface area (Å²) in [6.45, 7) is 7.02. The number of nitrogens with zero attached hydrogens (tertiary/aromatic N) is 2. The lowest BCUT2D eigenvalue weighted by molar-refractivity contribution is -0.128. The number of hydrogen-bond acceptors (Lipinski definition) is 5. The van der Waals surface area contributed by atoms with E-state index in [9.17, 15) is 14.0 Å². The second kappa shape index (κ2) is 8.55. The second-order valence-electron chi connectivity index (χ2n) is 6.85. The molecular weight excluding hydrogens is 365 g/mol. The van der Waals surface area contributed by atoms with E-state index in [1.165, 1.54) is 12.1 Å². The number of hydrazine groups is 1. The Hall–Kier alpha value is -2.06. The van der Waals surface area contributed by atoms with Gasteiger partial charge in [0.05, 0.1) is 5.02 Å². The minimum atomic E-state index is -0.608. The lowest BCUT2D eigenvalue weighted by atomic mass is 10.2. The Morgan fingerprint density at radius 3 is 2.46 bits per heavy atom. The van der Waals surface area contributed by atoms with E-state index in [2.05, 4.69) is 5.43 Å². The first-order valence-electron chi connectivity index (χ1n) is 8.24. The third kappa shape index (κ3) is 6.34. The first kappa shape index (κ1) is 20.3. The van der Waals surface area contributed by atoms with Crippen molar-refractivity contribution in [2.24, 2.45) is 0 Å². The molecule has 0 radical (unpaired) electrons. The maximum Gasteiger partial charge on any atom is 0.410 e. The number of carbonyl (C=O) groups excluding carboxylic acids is 2. The van der Waals surface area contributed by atoms with Crippen molar-refractivity contribution < 1.29 is 23.5 Å². The summed E-state index contributed by atoms with van der Waals surface area (Å²) in [5.41, 5.74) is 2.15. The van der Waals surface area contributed by atoms with Gasteiger partial charge in [-0.15, -0.1) is 0 Å². The van der Waals surface area contributed by atoms with E-state index in [0.29, 0.717) is 26.2 Å². The minimum Gasteiger partial charge on any atom is -0.484 e. The van der Waals surface area contributed by atoms with Crippen LogP contribution in [0.1, 0.15) is 20.8 Å². The number of halogens is 2. The van der Waals surface area contributed by atoms with Crippen molar-refractivity contribution in [2.75, 3.05) is 32.8 Å². The summed E-state index contributed by atoms with van der Waals surface area (Å²) in [5, 5.41) is 1.69. The van der Waals surface area contributed by atoms with Gasteiger partial charge in [-0.2, -0.15) is 0 Å². The molecule has 26 heavy (non-hydrogen) atoms. The van der Waals surface area contributed by atoms with E-state index < -0.39 is 11.4 Å². The smallest absolute Gasteiger partial charge is 0.410 e. The van der Waals surface area contributed by atoms with E-state index in [0.717, 1.165) is 6.07 Å². The van der Waals surface area contributed by atoms with Gasteiger partial charge >= 0.3 is 6.09 Å². The number of ether oxygens (including phenoxy) is 2. The van der Waals surface area contributed by atoms with Crippen molar-refractivity contribution in [3.05, 3.63) is 29.0 Å². The molecule has 1 aliphatic rings. The highest BCUT2D eigenvalue weighted by Gasteiger charge is 2.26. The Labute approximate surface area is 156 Å². The molecule has 0 aromatic heterocycles. The van der Waals surface area contributed by atoms with Crippen molar-refractivity contribution in [3.63, 3.8) is 0 Å². The van der Waals surface area contributed by atoms with Crippen LogP contribution in [0.2, 0.25) is 5.02 Å². The molecule has 1 aromatic carbocycles. The molecule has 7 nitrogen and oxygen atoms in total. The summed E-state index contributed by atoms with van der Waals surface area (Å²) in [4.78, 5) is 25.5. The predicted octanol–water partition coefficient (Wildman–Crippen LogP) is 2.44. The van der Waals surface area contributed by atoms with Gasteiger partial charge in [0.25, 0.3) is 5.91 Å². The molecule has 9 heteroatoms. The number of amides is 2. The third-order valence-corrected chi connectivity index (χ3v) is 3.78. The molecule has 0 atom stereocenters. The molecular formula is C17H23ClFN3O4. The molecule has 2 rings (SSSR count). The zero-order valence-corrected chi connectivity index (χ0v) is 15.8. The monoisotopic (exact) mass is 387 g/mol. The van der Waals surface area contributed by atoms with Gasteiger partial charge in [0, 0.05) is 32.2 Å². The quantitative estimate of drug-likeness (QED) is 0.859. The lowest BCUT2D eigenvalue weighted by Crippen LogP contribution is -2.56. The van der Waals surface area contributed by atoms with Crippen molar-refractivity contribution in [3.8, 4) is 5.75 Å². The average molecular weight is 388 g/mol. The summed E-state index contributed by atoms with van der Waals surface area (Å²) in [6.07, 6.45) is -0.364. The molecule has 1 saturated heterocycles. The van der Waals surface area contributed by atoms with Gasteiger partial charge < -0.3 is 14.4 Å². The van der Waals surface area contributed by atoms with Crippen LogP contribution in [-0.2, 0) is 9.53 Å². The molecule has 0 saturated carbocycles. The Morgan fingerprint density at radius 2 is 1.88 bits per heavy atom. The van der Waals surface area contributed by atoms with Gasteiger partial charge in [-0.1, -0.05) is 11.6 Å². The Morgan fingerprint density at radius 1 is 1.23 bits per heavy atom. The molecule has 0 bridgehead atoms. The molecule has 0 unspecified atom stereocenters. The highest BCUT2D eigenvalue weighted by atomic mass is 35.5. The first-order chi connectivity index (χ1) is 12.1. The summed E-state index contributed by atoms with van der Waals surface area (Å²) in [5.74, 6) is -0.759. The SMILES string of the molecule is CC(C)(C)OC(=O)N1CCN(NC(=O)COc2ccc(Cl)c(F)c2)CC1. The van der Waals surface area contributed by atoms with Crippen molar-refractivity contribution >= 4 is 23.6 Å². The van der Waals surface area contributed by atoms with E-state index in [-0.39, 0.29) is 29.4 Å². The molecule has 0 spiro atoms. The minimum absolute atomic E-state index is 0.00957. The number of carbonyl (C=O) groups is 2. The van der Waals surface area contributed by atoms with Crippen LogP contribution < -0.4 is 10.2 Å². The summed E-state index contributed by atoms with van der Waals surface area (Å²) in [6, 6.07) is 3.97. The highest BCUT2D eigenvalue weighted by molar-refractivity contribution is 6.30. The van der Waals surface area contributed by atoms with Crippen LogP contribution in [0, 0.1) is 5.82 Å². The van der Waals surface area contributed by atoms with E-state index >= 15 is 0 Å². The van der Waals surface area contributed by atoms with Crippen molar-refractivity contribution in [1.82, 2.24) is 15.3 Å². The summed E-state index contributed by atoms with van der Waals surface area (Å²) in [7, 11) is 0. The van der Waals surface area contributed by atoms with Crippen LogP contribution in [0.15, 0.2) is 18.2 Å². The third-order valence-electron chi connectivity index (χ3n) is 3.48. The molecule has 1 aliphatic heterocycles. The Kier molecular flexibility index (Phi) is 6.66.